The van der Waals surface area contributed by atoms with Crippen molar-refractivity contribution in [1.82, 2.24) is 10.3 Å². The van der Waals surface area contributed by atoms with Crippen LogP contribution in [0.4, 0.5) is 4.39 Å². The van der Waals surface area contributed by atoms with Crippen molar-refractivity contribution >= 4 is 16.8 Å². The molecule has 1 aromatic heterocycles. The van der Waals surface area contributed by atoms with E-state index in [0.29, 0.717) is 6.54 Å². The maximum atomic E-state index is 13.5. The standard InChI is InChI=1S/C21H21FN2O/c1-14-17(18-11-16(22)7-8-19(18)24-14)12-20(25)23-13-21(9-10-21)15-5-3-2-4-6-15/h2-8,11,24H,9-10,12-13H2,1H3,(H,23,25). The minimum atomic E-state index is -0.283. The number of rotatable bonds is 5. The van der Waals surface area contributed by atoms with Gasteiger partial charge in [0.15, 0.2) is 0 Å². The third-order valence-electron chi connectivity index (χ3n) is 5.28. The highest BCUT2D eigenvalue weighted by molar-refractivity contribution is 5.90. The van der Waals surface area contributed by atoms with E-state index >= 15 is 0 Å². The van der Waals surface area contributed by atoms with Crippen LogP contribution in [0.25, 0.3) is 10.9 Å². The minimum absolute atomic E-state index is 0.0181. The SMILES string of the molecule is Cc1[nH]c2ccc(F)cc2c1CC(=O)NCC1(c2ccccc2)CC1. The highest BCUT2D eigenvalue weighted by atomic mass is 19.1. The van der Waals surface area contributed by atoms with E-state index in [1.54, 1.807) is 6.07 Å². The summed E-state index contributed by atoms with van der Waals surface area (Å²) in [5.74, 6) is -0.301. The Morgan fingerprint density at radius 1 is 1.20 bits per heavy atom. The number of carbonyl (C=O) groups is 1. The lowest BCUT2D eigenvalue weighted by atomic mass is 9.96. The summed E-state index contributed by atoms with van der Waals surface area (Å²) in [4.78, 5) is 15.7. The summed E-state index contributed by atoms with van der Waals surface area (Å²) in [6.45, 7) is 2.58. The maximum Gasteiger partial charge on any atom is 0.224 e. The van der Waals surface area contributed by atoms with Crippen molar-refractivity contribution in [3.63, 3.8) is 0 Å². The summed E-state index contributed by atoms with van der Waals surface area (Å²) in [6.07, 6.45) is 2.48. The lowest BCUT2D eigenvalue weighted by Crippen LogP contribution is -2.33. The van der Waals surface area contributed by atoms with Crippen LogP contribution in [-0.2, 0) is 16.6 Å². The molecule has 1 aliphatic carbocycles. The van der Waals surface area contributed by atoms with Crippen LogP contribution in [0.3, 0.4) is 0 Å². The van der Waals surface area contributed by atoms with Crippen molar-refractivity contribution < 1.29 is 9.18 Å². The Morgan fingerprint density at radius 2 is 1.96 bits per heavy atom. The van der Waals surface area contributed by atoms with Gasteiger partial charge >= 0.3 is 0 Å². The number of aromatic amines is 1. The highest BCUT2D eigenvalue weighted by Gasteiger charge is 2.44. The van der Waals surface area contributed by atoms with Crippen molar-refractivity contribution in [2.75, 3.05) is 6.54 Å². The van der Waals surface area contributed by atoms with Crippen LogP contribution in [0.2, 0.25) is 0 Å². The van der Waals surface area contributed by atoms with E-state index in [9.17, 15) is 9.18 Å². The molecule has 0 atom stereocenters. The first-order chi connectivity index (χ1) is 12.1. The third kappa shape index (κ3) is 3.04. The maximum absolute atomic E-state index is 13.5. The summed E-state index contributed by atoms with van der Waals surface area (Å²) >= 11 is 0. The first-order valence-corrected chi connectivity index (χ1v) is 8.66. The summed E-state index contributed by atoms with van der Waals surface area (Å²) in [5.41, 5.74) is 4.04. The molecule has 1 amide bonds. The second-order valence-corrected chi connectivity index (χ2v) is 7.02. The monoisotopic (exact) mass is 336 g/mol. The molecule has 0 aliphatic heterocycles. The molecule has 2 aromatic carbocycles. The van der Waals surface area contributed by atoms with Gasteiger partial charge in [0.05, 0.1) is 6.42 Å². The van der Waals surface area contributed by atoms with Crippen molar-refractivity contribution in [3.05, 3.63) is 71.2 Å². The molecule has 4 heteroatoms. The Bertz CT molecular complexity index is 926. The molecule has 4 rings (SSSR count). The van der Waals surface area contributed by atoms with Gasteiger partial charge in [-0.05, 0) is 49.1 Å². The average Bonchev–Trinajstić information content (AvgIpc) is 3.35. The lowest BCUT2D eigenvalue weighted by molar-refractivity contribution is -0.120. The van der Waals surface area contributed by atoms with E-state index in [4.69, 9.17) is 0 Å². The second-order valence-electron chi connectivity index (χ2n) is 7.02. The normalized spacial score (nSPS) is 15.3. The number of hydrogen-bond acceptors (Lipinski definition) is 1. The van der Waals surface area contributed by atoms with Gasteiger partial charge in [-0.1, -0.05) is 30.3 Å². The van der Waals surface area contributed by atoms with E-state index < -0.39 is 0 Å². The molecular weight excluding hydrogens is 315 g/mol. The van der Waals surface area contributed by atoms with Gasteiger partial charge in [-0.2, -0.15) is 0 Å². The van der Waals surface area contributed by atoms with Gasteiger partial charge in [-0.25, -0.2) is 4.39 Å². The zero-order chi connectivity index (χ0) is 17.4. The molecule has 0 spiro atoms. The Kier molecular flexibility index (Phi) is 3.83. The van der Waals surface area contributed by atoms with Crippen LogP contribution in [0.1, 0.15) is 29.7 Å². The average molecular weight is 336 g/mol. The Labute approximate surface area is 146 Å². The van der Waals surface area contributed by atoms with E-state index in [1.807, 2.05) is 25.1 Å². The molecule has 128 valence electrons. The number of benzene rings is 2. The summed E-state index contributed by atoms with van der Waals surface area (Å²) in [7, 11) is 0. The van der Waals surface area contributed by atoms with E-state index in [1.165, 1.54) is 17.7 Å². The molecule has 0 unspecified atom stereocenters. The van der Waals surface area contributed by atoms with Crippen molar-refractivity contribution in [1.29, 1.82) is 0 Å². The third-order valence-corrected chi connectivity index (χ3v) is 5.28. The molecule has 2 N–H and O–H groups in total. The largest absolute Gasteiger partial charge is 0.358 e. The number of H-pyrrole nitrogens is 1. The number of hydrogen-bond donors (Lipinski definition) is 2. The van der Waals surface area contributed by atoms with Crippen molar-refractivity contribution in [2.45, 2.75) is 31.6 Å². The molecule has 1 saturated carbocycles. The Hall–Kier alpha value is -2.62. The van der Waals surface area contributed by atoms with Crippen molar-refractivity contribution in [2.24, 2.45) is 0 Å². The number of fused-ring (bicyclic) bond motifs is 1. The molecule has 0 saturated heterocycles. The second kappa shape index (κ2) is 6.03. The number of aryl methyl sites for hydroxylation is 1. The fourth-order valence-electron chi connectivity index (χ4n) is 3.58. The van der Waals surface area contributed by atoms with Crippen LogP contribution in [0, 0.1) is 12.7 Å². The van der Waals surface area contributed by atoms with Gasteiger partial charge in [-0.3, -0.25) is 4.79 Å². The van der Waals surface area contributed by atoms with Crippen LogP contribution in [0.15, 0.2) is 48.5 Å². The molecule has 1 heterocycles. The van der Waals surface area contributed by atoms with Crippen LogP contribution < -0.4 is 5.32 Å². The number of nitrogens with one attached hydrogen (secondary N) is 2. The zero-order valence-corrected chi connectivity index (χ0v) is 14.2. The molecule has 1 aliphatic rings. The summed E-state index contributed by atoms with van der Waals surface area (Å²) in [5, 5.41) is 3.87. The van der Waals surface area contributed by atoms with Gasteiger partial charge in [0.25, 0.3) is 0 Å². The quantitative estimate of drug-likeness (QED) is 0.726. The molecule has 0 bridgehead atoms. The van der Waals surface area contributed by atoms with Crippen LogP contribution in [-0.4, -0.2) is 17.4 Å². The van der Waals surface area contributed by atoms with Crippen molar-refractivity contribution in [3.8, 4) is 0 Å². The molecule has 3 nitrogen and oxygen atoms in total. The first-order valence-electron chi connectivity index (χ1n) is 8.66. The van der Waals surface area contributed by atoms with Crippen LogP contribution in [0.5, 0.6) is 0 Å². The number of carbonyl (C=O) groups excluding carboxylic acids is 1. The Morgan fingerprint density at radius 3 is 2.68 bits per heavy atom. The minimum Gasteiger partial charge on any atom is -0.358 e. The van der Waals surface area contributed by atoms with E-state index in [0.717, 1.165) is 35.0 Å². The fraction of sp³-hybridized carbons (Fsp3) is 0.286. The first kappa shape index (κ1) is 15.9. The van der Waals surface area contributed by atoms with Gasteiger partial charge in [0.2, 0.25) is 5.91 Å². The highest BCUT2D eigenvalue weighted by Crippen LogP contribution is 2.47. The predicted molar refractivity (Wildman–Crippen MR) is 97.1 cm³/mol. The lowest BCUT2D eigenvalue weighted by Gasteiger charge is -2.16. The summed E-state index contributed by atoms with van der Waals surface area (Å²) in [6, 6.07) is 15.0. The number of halogens is 1. The van der Waals surface area contributed by atoms with Gasteiger partial charge in [0, 0.05) is 28.6 Å². The fourth-order valence-corrected chi connectivity index (χ4v) is 3.58. The molecule has 1 fully saturated rings. The topological polar surface area (TPSA) is 44.9 Å². The van der Waals surface area contributed by atoms with E-state index in [-0.39, 0.29) is 23.6 Å². The van der Waals surface area contributed by atoms with Gasteiger partial charge < -0.3 is 10.3 Å². The molecule has 0 radical (unpaired) electrons. The summed E-state index contributed by atoms with van der Waals surface area (Å²) < 4.78 is 13.5. The van der Waals surface area contributed by atoms with E-state index in [2.05, 4.69) is 22.4 Å². The predicted octanol–water partition coefficient (Wildman–Crippen LogP) is 4.01. The Balaban J connectivity index is 1.47. The molecular formula is C21H21FN2O. The molecule has 3 aromatic rings. The smallest absolute Gasteiger partial charge is 0.224 e. The van der Waals surface area contributed by atoms with Crippen LogP contribution >= 0.6 is 0 Å². The number of aromatic nitrogens is 1. The zero-order valence-electron chi connectivity index (χ0n) is 14.2. The van der Waals surface area contributed by atoms with Gasteiger partial charge in [0.1, 0.15) is 5.82 Å². The number of amides is 1. The van der Waals surface area contributed by atoms with Gasteiger partial charge in [-0.15, -0.1) is 0 Å². The molecule has 25 heavy (non-hydrogen) atoms.